The van der Waals surface area contributed by atoms with Gasteiger partial charge in [-0.3, -0.25) is 4.79 Å². The van der Waals surface area contributed by atoms with Crippen LogP contribution in [-0.4, -0.2) is 47.5 Å². The summed E-state index contributed by atoms with van der Waals surface area (Å²) in [4.78, 5) is 12.1. The van der Waals surface area contributed by atoms with Crippen LogP contribution in [0.4, 0.5) is 26.3 Å². The summed E-state index contributed by atoms with van der Waals surface area (Å²) in [5, 5.41) is 8.76. The number of aliphatic hydroxyl groups is 1. The van der Waals surface area contributed by atoms with Gasteiger partial charge < -0.3 is 10.0 Å². The van der Waals surface area contributed by atoms with E-state index in [1.807, 2.05) is 0 Å². The van der Waals surface area contributed by atoms with Crippen molar-refractivity contribution in [1.82, 2.24) is 4.90 Å². The molecule has 1 amide bonds. The van der Waals surface area contributed by atoms with Crippen molar-refractivity contribution in [2.75, 3.05) is 13.2 Å². The van der Waals surface area contributed by atoms with Crippen LogP contribution in [0, 0.1) is 5.92 Å². The molecule has 0 aromatic heterocycles. The fourth-order valence-corrected chi connectivity index (χ4v) is 1.94. The lowest BCUT2D eigenvalue weighted by molar-refractivity contribution is -0.278. The Hall–Kier alpha value is -0.990. The van der Waals surface area contributed by atoms with Crippen LogP contribution in [0.25, 0.3) is 0 Å². The van der Waals surface area contributed by atoms with E-state index in [0.29, 0.717) is 4.90 Å². The molecule has 0 saturated heterocycles. The van der Waals surface area contributed by atoms with E-state index in [9.17, 15) is 31.1 Å². The lowest BCUT2D eigenvalue weighted by Crippen LogP contribution is -2.53. The number of alkyl halides is 6. The zero-order chi connectivity index (χ0) is 16.1. The summed E-state index contributed by atoms with van der Waals surface area (Å²) in [7, 11) is 0. The van der Waals surface area contributed by atoms with Gasteiger partial charge in [-0.2, -0.15) is 26.3 Å². The Morgan fingerprint density at radius 2 is 1.45 bits per heavy atom. The second-order valence-corrected chi connectivity index (χ2v) is 4.24. The predicted octanol–water partition coefficient (Wildman–Crippen LogP) is 2.74. The summed E-state index contributed by atoms with van der Waals surface area (Å²) >= 11 is 0. The summed E-state index contributed by atoms with van der Waals surface area (Å²) in [5.74, 6) is -6.12. The second-order valence-electron chi connectivity index (χ2n) is 4.24. The maximum absolute atomic E-state index is 12.5. The molecule has 0 aliphatic heterocycles. The summed E-state index contributed by atoms with van der Waals surface area (Å²) in [6.07, 6.45) is -11.0. The standard InChI is InChI=1S/C11H17F6NO2/c1-3-7(4-2)18(5-6-19)9(20)8(10(12,13)14)11(15,16)17/h7-8,19H,3-6H2,1-2H3. The molecule has 0 spiro atoms. The summed E-state index contributed by atoms with van der Waals surface area (Å²) in [5.41, 5.74) is 0. The van der Waals surface area contributed by atoms with Gasteiger partial charge in [0, 0.05) is 12.6 Å². The van der Waals surface area contributed by atoms with Crippen LogP contribution in [0.15, 0.2) is 0 Å². The molecule has 3 nitrogen and oxygen atoms in total. The van der Waals surface area contributed by atoms with E-state index in [2.05, 4.69) is 0 Å². The molecule has 0 aliphatic rings. The number of hydrogen-bond acceptors (Lipinski definition) is 2. The van der Waals surface area contributed by atoms with Crippen LogP contribution in [-0.2, 0) is 4.79 Å². The van der Waals surface area contributed by atoms with Crippen molar-refractivity contribution < 1.29 is 36.2 Å². The van der Waals surface area contributed by atoms with Crippen molar-refractivity contribution in [3.63, 3.8) is 0 Å². The molecule has 0 radical (unpaired) electrons. The number of hydrogen-bond donors (Lipinski definition) is 1. The molecule has 0 fully saturated rings. The third kappa shape index (κ3) is 4.84. The van der Waals surface area contributed by atoms with Crippen molar-refractivity contribution in [1.29, 1.82) is 0 Å². The van der Waals surface area contributed by atoms with Gasteiger partial charge in [-0.15, -0.1) is 0 Å². The monoisotopic (exact) mass is 309 g/mol. The molecular weight excluding hydrogens is 292 g/mol. The van der Waals surface area contributed by atoms with Gasteiger partial charge in [0.15, 0.2) is 0 Å². The number of carbonyl (C=O) groups is 1. The van der Waals surface area contributed by atoms with E-state index in [0.717, 1.165) is 0 Å². The largest absolute Gasteiger partial charge is 0.409 e. The van der Waals surface area contributed by atoms with Crippen molar-refractivity contribution in [3.8, 4) is 0 Å². The summed E-state index contributed by atoms with van der Waals surface area (Å²) in [6.45, 7) is 1.82. The molecule has 0 aromatic rings. The highest BCUT2D eigenvalue weighted by atomic mass is 19.4. The fraction of sp³-hybridized carbons (Fsp3) is 0.909. The van der Waals surface area contributed by atoms with Crippen molar-refractivity contribution in [3.05, 3.63) is 0 Å². The molecule has 0 unspecified atom stereocenters. The van der Waals surface area contributed by atoms with Gasteiger partial charge in [-0.05, 0) is 12.8 Å². The van der Waals surface area contributed by atoms with Gasteiger partial charge in [0.25, 0.3) is 0 Å². The third-order valence-electron chi connectivity index (χ3n) is 2.91. The number of nitrogens with zero attached hydrogens (tertiary/aromatic N) is 1. The Kier molecular flexibility index (Phi) is 6.79. The molecule has 20 heavy (non-hydrogen) atoms. The molecule has 0 aliphatic carbocycles. The van der Waals surface area contributed by atoms with Gasteiger partial charge in [0.2, 0.25) is 11.8 Å². The van der Waals surface area contributed by atoms with Crippen molar-refractivity contribution in [2.45, 2.75) is 45.1 Å². The topological polar surface area (TPSA) is 40.5 Å². The zero-order valence-electron chi connectivity index (χ0n) is 11.1. The normalized spacial score (nSPS) is 13.2. The van der Waals surface area contributed by atoms with Crippen LogP contribution in [0.5, 0.6) is 0 Å². The van der Waals surface area contributed by atoms with Gasteiger partial charge in [0.05, 0.1) is 6.61 Å². The Bertz CT molecular complexity index is 297. The van der Waals surface area contributed by atoms with Crippen LogP contribution in [0.1, 0.15) is 26.7 Å². The van der Waals surface area contributed by atoms with Crippen molar-refractivity contribution in [2.24, 2.45) is 5.92 Å². The number of halogens is 6. The quantitative estimate of drug-likeness (QED) is 0.767. The molecule has 1 N–H and O–H groups in total. The average Bonchev–Trinajstić information content (AvgIpc) is 2.25. The van der Waals surface area contributed by atoms with E-state index in [1.54, 1.807) is 13.8 Å². The van der Waals surface area contributed by atoms with E-state index in [1.165, 1.54) is 0 Å². The predicted molar refractivity (Wildman–Crippen MR) is 58.8 cm³/mol. The number of carbonyl (C=O) groups excluding carboxylic acids is 1. The minimum Gasteiger partial charge on any atom is -0.395 e. The molecule has 0 heterocycles. The first-order valence-electron chi connectivity index (χ1n) is 6.05. The second kappa shape index (κ2) is 7.14. The number of rotatable bonds is 6. The maximum atomic E-state index is 12.5. The number of amides is 1. The molecule has 0 saturated carbocycles. The maximum Gasteiger partial charge on any atom is 0.409 e. The van der Waals surface area contributed by atoms with Gasteiger partial charge in [-0.1, -0.05) is 13.8 Å². The Morgan fingerprint density at radius 1 is 1.05 bits per heavy atom. The fourth-order valence-electron chi connectivity index (χ4n) is 1.94. The minimum atomic E-state index is -5.71. The molecule has 0 bridgehead atoms. The lowest BCUT2D eigenvalue weighted by atomic mass is 10.0. The smallest absolute Gasteiger partial charge is 0.395 e. The molecular formula is C11H17F6NO2. The average molecular weight is 309 g/mol. The molecule has 120 valence electrons. The van der Waals surface area contributed by atoms with Crippen molar-refractivity contribution >= 4 is 5.91 Å². The minimum absolute atomic E-state index is 0.199. The summed E-state index contributed by atoms with van der Waals surface area (Å²) in [6, 6.07) is -0.776. The molecule has 0 atom stereocenters. The first kappa shape index (κ1) is 19.0. The van der Waals surface area contributed by atoms with Crippen LogP contribution in [0.3, 0.4) is 0 Å². The van der Waals surface area contributed by atoms with Crippen LogP contribution < -0.4 is 0 Å². The zero-order valence-corrected chi connectivity index (χ0v) is 11.1. The lowest BCUT2D eigenvalue weighted by Gasteiger charge is -2.34. The molecule has 0 aromatic carbocycles. The van der Waals surface area contributed by atoms with Crippen LogP contribution >= 0.6 is 0 Å². The highest BCUT2D eigenvalue weighted by molar-refractivity contribution is 5.80. The SMILES string of the molecule is CCC(CC)N(CCO)C(=O)C(C(F)(F)F)C(F)(F)F. The van der Waals surface area contributed by atoms with E-state index in [-0.39, 0.29) is 12.8 Å². The third-order valence-corrected chi connectivity index (χ3v) is 2.91. The Balaban J connectivity index is 5.48. The molecule has 0 rings (SSSR count). The van der Waals surface area contributed by atoms with Gasteiger partial charge in [-0.25, -0.2) is 0 Å². The van der Waals surface area contributed by atoms with E-state index in [4.69, 9.17) is 5.11 Å². The Labute approximate surface area is 112 Å². The van der Waals surface area contributed by atoms with E-state index >= 15 is 0 Å². The highest BCUT2D eigenvalue weighted by Crippen LogP contribution is 2.40. The Morgan fingerprint density at radius 3 is 1.70 bits per heavy atom. The highest BCUT2D eigenvalue weighted by Gasteiger charge is 2.62. The van der Waals surface area contributed by atoms with E-state index < -0.39 is 43.4 Å². The van der Waals surface area contributed by atoms with Gasteiger partial charge >= 0.3 is 12.4 Å². The number of aliphatic hydroxyl groups excluding tert-OH is 1. The first-order chi connectivity index (χ1) is 9.00. The first-order valence-corrected chi connectivity index (χ1v) is 6.05. The van der Waals surface area contributed by atoms with Crippen LogP contribution in [0.2, 0.25) is 0 Å². The molecule has 9 heteroatoms. The van der Waals surface area contributed by atoms with Gasteiger partial charge in [0.1, 0.15) is 0 Å². The summed E-state index contributed by atoms with van der Waals surface area (Å²) < 4.78 is 75.1.